The number of fused-ring (bicyclic) bond motifs is 1. The molecule has 9 nitrogen and oxygen atoms in total. The molecule has 2 amide bonds. The molecule has 0 unspecified atom stereocenters. The highest BCUT2D eigenvalue weighted by atomic mass is 16.7. The van der Waals surface area contributed by atoms with E-state index in [4.69, 9.17) is 14.3 Å². The first-order valence-electron chi connectivity index (χ1n) is 8.62. The Labute approximate surface area is 165 Å². The predicted octanol–water partition coefficient (Wildman–Crippen LogP) is 2.01. The van der Waals surface area contributed by atoms with Crippen LogP contribution in [0.5, 0.6) is 11.5 Å². The summed E-state index contributed by atoms with van der Waals surface area (Å²) in [5, 5.41) is 0.426. The van der Waals surface area contributed by atoms with Gasteiger partial charge in [-0.3, -0.25) is 9.59 Å². The normalized spacial score (nSPS) is 12.4. The minimum atomic E-state index is -0.931. The van der Waals surface area contributed by atoms with Gasteiger partial charge in [0.05, 0.1) is 30.4 Å². The summed E-state index contributed by atoms with van der Waals surface area (Å²) in [6.45, 7) is 1.66. The summed E-state index contributed by atoms with van der Waals surface area (Å²) in [7, 11) is 1.23. The molecule has 0 spiro atoms. The molecular formula is C20H17NO8. The fraction of sp³-hybridized carbons (Fsp3) is 0.200. The van der Waals surface area contributed by atoms with Crippen LogP contribution in [-0.2, 0) is 14.4 Å². The topological polar surface area (TPSA) is 108 Å². The van der Waals surface area contributed by atoms with E-state index in [-0.39, 0.29) is 41.4 Å². The third kappa shape index (κ3) is 4.03. The van der Waals surface area contributed by atoms with E-state index < -0.39 is 23.8 Å². The molecule has 1 aliphatic rings. The Hall–Kier alpha value is -3.88. The van der Waals surface area contributed by atoms with Crippen molar-refractivity contribution < 1.29 is 38.2 Å². The monoisotopic (exact) mass is 399 g/mol. The van der Waals surface area contributed by atoms with Gasteiger partial charge in [-0.1, -0.05) is 17.2 Å². The highest BCUT2D eigenvalue weighted by molar-refractivity contribution is 6.21. The van der Waals surface area contributed by atoms with Crippen molar-refractivity contribution in [2.75, 3.05) is 20.3 Å². The first-order valence-corrected chi connectivity index (χ1v) is 8.62. The van der Waals surface area contributed by atoms with E-state index in [1.807, 2.05) is 0 Å². The van der Waals surface area contributed by atoms with Crippen LogP contribution in [-0.4, -0.2) is 49.1 Å². The number of benzene rings is 2. The lowest BCUT2D eigenvalue weighted by Gasteiger charge is -2.15. The van der Waals surface area contributed by atoms with Crippen molar-refractivity contribution in [3.05, 3.63) is 59.2 Å². The predicted molar refractivity (Wildman–Crippen MR) is 97.5 cm³/mol. The van der Waals surface area contributed by atoms with Crippen LogP contribution >= 0.6 is 0 Å². The summed E-state index contributed by atoms with van der Waals surface area (Å²) in [5.41, 5.74) is 0.342. The number of methoxy groups -OCH3 is 1. The van der Waals surface area contributed by atoms with Crippen molar-refractivity contribution >= 4 is 23.8 Å². The minimum Gasteiger partial charge on any atom is -0.490 e. The Bertz CT molecular complexity index is 949. The average Bonchev–Trinajstić information content (AvgIpc) is 2.97. The second-order valence-electron chi connectivity index (χ2n) is 5.79. The Balaban J connectivity index is 1.77. The smallest absolute Gasteiger partial charge is 0.364 e. The molecule has 9 heteroatoms. The van der Waals surface area contributed by atoms with Crippen molar-refractivity contribution in [1.82, 2.24) is 5.06 Å². The number of nitrogens with zero attached hydrogens (tertiary/aromatic N) is 1. The van der Waals surface area contributed by atoms with Gasteiger partial charge < -0.3 is 19.0 Å². The number of hydrogen-bond acceptors (Lipinski definition) is 8. The van der Waals surface area contributed by atoms with Gasteiger partial charge in [0.15, 0.2) is 18.1 Å². The Morgan fingerprint density at radius 2 is 1.59 bits per heavy atom. The number of amides is 2. The number of hydroxylamine groups is 2. The van der Waals surface area contributed by atoms with Crippen LogP contribution in [0.4, 0.5) is 0 Å². The van der Waals surface area contributed by atoms with E-state index in [2.05, 4.69) is 4.74 Å². The zero-order valence-electron chi connectivity index (χ0n) is 15.7. The minimum absolute atomic E-state index is 0.0235. The molecule has 2 aromatic carbocycles. The zero-order valence-corrected chi connectivity index (χ0v) is 15.7. The summed E-state index contributed by atoms with van der Waals surface area (Å²) in [4.78, 5) is 53.4. The quantitative estimate of drug-likeness (QED) is 0.514. The van der Waals surface area contributed by atoms with Crippen LogP contribution in [0.3, 0.4) is 0 Å². The summed E-state index contributed by atoms with van der Waals surface area (Å²) in [6, 6.07) is 10.3. The van der Waals surface area contributed by atoms with Gasteiger partial charge in [-0.2, -0.15) is 0 Å². The van der Waals surface area contributed by atoms with E-state index in [0.29, 0.717) is 5.06 Å². The number of carbonyl (C=O) groups excluding carboxylic acids is 4. The van der Waals surface area contributed by atoms with Crippen LogP contribution < -0.4 is 9.47 Å². The second-order valence-corrected chi connectivity index (χ2v) is 5.79. The van der Waals surface area contributed by atoms with Crippen LogP contribution in [0.15, 0.2) is 42.5 Å². The number of imide groups is 1. The molecule has 0 aliphatic carbocycles. The highest BCUT2D eigenvalue weighted by Crippen LogP contribution is 2.30. The summed E-state index contributed by atoms with van der Waals surface area (Å²) in [5.74, 6) is -2.55. The van der Waals surface area contributed by atoms with Crippen molar-refractivity contribution in [2.45, 2.75) is 6.92 Å². The number of ether oxygens (including phenoxy) is 3. The molecule has 2 aromatic rings. The van der Waals surface area contributed by atoms with Gasteiger partial charge in [0.2, 0.25) is 0 Å². The summed E-state index contributed by atoms with van der Waals surface area (Å²) >= 11 is 0. The molecule has 0 atom stereocenters. The largest absolute Gasteiger partial charge is 0.490 e. The Kier molecular flexibility index (Phi) is 5.77. The summed E-state index contributed by atoms with van der Waals surface area (Å²) in [6.07, 6.45) is 0. The second kappa shape index (κ2) is 8.42. The van der Waals surface area contributed by atoms with Crippen LogP contribution in [0.1, 0.15) is 38.0 Å². The molecule has 1 heterocycles. The Morgan fingerprint density at radius 1 is 0.931 bits per heavy atom. The van der Waals surface area contributed by atoms with Crippen molar-refractivity contribution in [2.24, 2.45) is 0 Å². The molecular weight excluding hydrogens is 382 g/mol. The number of esters is 1. The van der Waals surface area contributed by atoms with Gasteiger partial charge in [-0.25, -0.2) is 9.59 Å². The standard InChI is InChI=1S/C20H17NO8/c1-3-27-16-10-12(8-9-15(16)28-11-17(22)26-2)20(25)29-21-18(23)13-6-4-5-7-14(13)19(21)24/h4-10H,3,11H2,1-2H3. The molecule has 0 radical (unpaired) electrons. The van der Waals surface area contributed by atoms with Crippen LogP contribution in [0.2, 0.25) is 0 Å². The van der Waals surface area contributed by atoms with E-state index in [9.17, 15) is 19.2 Å². The van der Waals surface area contributed by atoms with Gasteiger partial charge in [-0.05, 0) is 37.3 Å². The molecule has 0 aromatic heterocycles. The SMILES string of the molecule is CCOc1cc(C(=O)ON2C(=O)c3ccccc3C2=O)ccc1OCC(=O)OC. The van der Waals surface area contributed by atoms with Gasteiger partial charge in [-0.15, -0.1) is 0 Å². The molecule has 0 fully saturated rings. The van der Waals surface area contributed by atoms with E-state index in [1.165, 1.54) is 37.4 Å². The summed E-state index contributed by atoms with van der Waals surface area (Å²) < 4.78 is 15.2. The number of carbonyl (C=O) groups is 4. The van der Waals surface area contributed by atoms with Gasteiger partial charge in [0.1, 0.15) is 0 Å². The maximum atomic E-state index is 12.5. The zero-order chi connectivity index (χ0) is 21.0. The molecule has 0 saturated heterocycles. The van der Waals surface area contributed by atoms with E-state index >= 15 is 0 Å². The number of hydrogen-bond donors (Lipinski definition) is 0. The Morgan fingerprint density at radius 3 is 2.17 bits per heavy atom. The van der Waals surface area contributed by atoms with Crippen molar-refractivity contribution in [3.8, 4) is 11.5 Å². The van der Waals surface area contributed by atoms with Crippen LogP contribution in [0, 0.1) is 0 Å². The first kappa shape index (κ1) is 19.9. The first-order chi connectivity index (χ1) is 14.0. The number of rotatable bonds is 7. The molecule has 0 bridgehead atoms. The molecule has 3 rings (SSSR count). The van der Waals surface area contributed by atoms with Gasteiger partial charge in [0.25, 0.3) is 11.8 Å². The lowest BCUT2D eigenvalue weighted by Crippen LogP contribution is -2.32. The third-order valence-corrected chi connectivity index (χ3v) is 3.98. The highest BCUT2D eigenvalue weighted by Gasteiger charge is 2.38. The third-order valence-electron chi connectivity index (χ3n) is 3.98. The van der Waals surface area contributed by atoms with E-state index in [1.54, 1.807) is 19.1 Å². The maximum absolute atomic E-state index is 12.5. The molecule has 0 saturated carbocycles. The molecule has 0 N–H and O–H groups in total. The molecule has 150 valence electrons. The molecule has 1 aliphatic heterocycles. The maximum Gasteiger partial charge on any atom is 0.364 e. The average molecular weight is 399 g/mol. The van der Waals surface area contributed by atoms with Crippen molar-refractivity contribution in [3.63, 3.8) is 0 Å². The van der Waals surface area contributed by atoms with Crippen LogP contribution in [0.25, 0.3) is 0 Å². The molecule has 29 heavy (non-hydrogen) atoms. The van der Waals surface area contributed by atoms with Gasteiger partial charge in [0, 0.05) is 0 Å². The van der Waals surface area contributed by atoms with Gasteiger partial charge >= 0.3 is 11.9 Å². The fourth-order valence-corrected chi connectivity index (χ4v) is 2.60. The van der Waals surface area contributed by atoms with Crippen molar-refractivity contribution in [1.29, 1.82) is 0 Å². The van der Waals surface area contributed by atoms with E-state index in [0.717, 1.165) is 0 Å². The lowest BCUT2D eigenvalue weighted by atomic mass is 10.1. The lowest BCUT2D eigenvalue weighted by molar-refractivity contribution is -0.142. The fourth-order valence-electron chi connectivity index (χ4n) is 2.60.